The lowest BCUT2D eigenvalue weighted by atomic mass is 9.95. The van der Waals surface area contributed by atoms with Crippen LogP contribution in [-0.4, -0.2) is 74.9 Å². The van der Waals surface area contributed by atoms with Crippen LogP contribution in [0.2, 0.25) is 0 Å². The van der Waals surface area contributed by atoms with Gasteiger partial charge in [0, 0.05) is 50.8 Å². The summed E-state index contributed by atoms with van der Waals surface area (Å²) in [6.07, 6.45) is 1.16. The molecule has 0 radical (unpaired) electrons. The molecule has 1 N–H and O–H groups in total. The summed E-state index contributed by atoms with van der Waals surface area (Å²) in [6.45, 7) is 12.5. The summed E-state index contributed by atoms with van der Waals surface area (Å²) in [5, 5.41) is 3.46. The number of nitrogens with zero attached hydrogens (tertiary/aromatic N) is 2. The Morgan fingerprint density at radius 2 is 2.17 bits per heavy atom. The molecule has 2 rings (SSSR count). The van der Waals surface area contributed by atoms with Crippen LogP contribution in [0.3, 0.4) is 0 Å². The van der Waals surface area contributed by atoms with E-state index in [1.165, 1.54) is 32.7 Å². The summed E-state index contributed by atoms with van der Waals surface area (Å²) in [4.78, 5) is 5.20. The second-order valence-corrected chi connectivity index (χ2v) is 5.76. The van der Waals surface area contributed by atoms with E-state index in [0.29, 0.717) is 18.0 Å². The van der Waals surface area contributed by atoms with E-state index in [9.17, 15) is 0 Å². The first-order chi connectivity index (χ1) is 8.74. The second kappa shape index (κ2) is 6.85. The van der Waals surface area contributed by atoms with Crippen molar-refractivity contribution in [3.05, 3.63) is 0 Å². The lowest BCUT2D eigenvalue weighted by Crippen LogP contribution is -2.55. The summed E-state index contributed by atoms with van der Waals surface area (Å²) in [5.41, 5.74) is 0. The van der Waals surface area contributed by atoms with Crippen molar-refractivity contribution < 1.29 is 4.74 Å². The molecule has 106 valence electrons. The maximum absolute atomic E-state index is 5.65. The summed E-state index contributed by atoms with van der Waals surface area (Å²) < 4.78 is 5.65. The topological polar surface area (TPSA) is 27.7 Å². The average Bonchev–Trinajstić information content (AvgIpc) is 2.39. The molecule has 3 unspecified atom stereocenters. The Bertz CT molecular complexity index is 249. The minimum atomic E-state index is 0.637. The maximum atomic E-state index is 5.65. The van der Waals surface area contributed by atoms with Crippen LogP contribution >= 0.6 is 0 Å². The van der Waals surface area contributed by atoms with Crippen molar-refractivity contribution in [2.75, 3.05) is 53.0 Å². The number of hydrogen-bond acceptors (Lipinski definition) is 4. The van der Waals surface area contributed by atoms with Gasteiger partial charge in [-0.3, -0.25) is 4.90 Å². The smallest absolute Gasteiger partial charge is 0.0521 e. The molecule has 2 aliphatic heterocycles. The minimum absolute atomic E-state index is 0.637. The Morgan fingerprint density at radius 3 is 2.83 bits per heavy atom. The van der Waals surface area contributed by atoms with Gasteiger partial charge in [0.1, 0.15) is 0 Å². The standard InChI is InChI=1S/C14H29N3O/c1-4-17-7-6-16(9-12(17)2)10-13-11-18-8-5-14(13)15-3/h12-15H,4-11H2,1-3H3. The molecule has 0 aliphatic carbocycles. The molecule has 0 aromatic rings. The highest BCUT2D eigenvalue weighted by molar-refractivity contribution is 4.85. The summed E-state index contributed by atoms with van der Waals surface area (Å²) in [7, 11) is 2.08. The van der Waals surface area contributed by atoms with Gasteiger partial charge in [-0.1, -0.05) is 6.92 Å². The van der Waals surface area contributed by atoms with Gasteiger partial charge in [-0.05, 0) is 26.9 Å². The van der Waals surface area contributed by atoms with Crippen LogP contribution in [0.4, 0.5) is 0 Å². The Balaban J connectivity index is 1.82. The van der Waals surface area contributed by atoms with E-state index in [1.54, 1.807) is 0 Å². The Morgan fingerprint density at radius 1 is 1.33 bits per heavy atom. The quantitative estimate of drug-likeness (QED) is 0.798. The monoisotopic (exact) mass is 255 g/mol. The number of nitrogens with one attached hydrogen (secondary N) is 1. The third kappa shape index (κ3) is 3.44. The minimum Gasteiger partial charge on any atom is -0.381 e. The number of hydrogen-bond donors (Lipinski definition) is 1. The third-order valence-corrected chi connectivity index (χ3v) is 4.59. The fourth-order valence-corrected chi connectivity index (χ4v) is 3.39. The highest BCUT2D eigenvalue weighted by atomic mass is 16.5. The van der Waals surface area contributed by atoms with E-state index in [4.69, 9.17) is 4.74 Å². The number of rotatable bonds is 4. The molecule has 4 nitrogen and oxygen atoms in total. The predicted molar refractivity (Wildman–Crippen MR) is 74.9 cm³/mol. The van der Waals surface area contributed by atoms with Crippen molar-refractivity contribution in [3.63, 3.8) is 0 Å². The molecule has 0 saturated carbocycles. The summed E-state index contributed by atoms with van der Waals surface area (Å²) in [6, 6.07) is 1.33. The first-order valence-electron chi connectivity index (χ1n) is 7.46. The molecule has 2 heterocycles. The molecular weight excluding hydrogens is 226 g/mol. The summed E-state index contributed by atoms with van der Waals surface area (Å²) in [5.74, 6) is 0.657. The van der Waals surface area contributed by atoms with Crippen molar-refractivity contribution in [3.8, 4) is 0 Å². The van der Waals surface area contributed by atoms with E-state index < -0.39 is 0 Å². The van der Waals surface area contributed by atoms with Crippen molar-refractivity contribution >= 4 is 0 Å². The number of likely N-dealkylation sites (N-methyl/N-ethyl adjacent to an activating group) is 1. The first kappa shape index (κ1) is 14.3. The van der Waals surface area contributed by atoms with Gasteiger partial charge in [0.25, 0.3) is 0 Å². The average molecular weight is 255 g/mol. The molecule has 0 spiro atoms. The van der Waals surface area contributed by atoms with E-state index in [-0.39, 0.29) is 0 Å². The third-order valence-electron chi connectivity index (χ3n) is 4.59. The van der Waals surface area contributed by atoms with E-state index >= 15 is 0 Å². The largest absolute Gasteiger partial charge is 0.381 e. The lowest BCUT2D eigenvalue weighted by molar-refractivity contribution is 0.00366. The van der Waals surface area contributed by atoms with Gasteiger partial charge < -0.3 is 15.0 Å². The van der Waals surface area contributed by atoms with Gasteiger partial charge in [-0.25, -0.2) is 0 Å². The van der Waals surface area contributed by atoms with Gasteiger partial charge >= 0.3 is 0 Å². The number of ether oxygens (including phenoxy) is 1. The van der Waals surface area contributed by atoms with Gasteiger partial charge in [-0.15, -0.1) is 0 Å². The molecule has 18 heavy (non-hydrogen) atoms. The van der Waals surface area contributed by atoms with Crippen LogP contribution < -0.4 is 5.32 Å². The molecule has 0 aromatic carbocycles. The molecule has 0 amide bonds. The van der Waals surface area contributed by atoms with Crippen molar-refractivity contribution in [2.45, 2.75) is 32.4 Å². The fraction of sp³-hybridized carbons (Fsp3) is 1.00. The van der Waals surface area contributed by atoms with Crippen molar-refractivity contribution in [2.24, 2.45) is 5.92 Å². The molecular formula is C14H29N3O. The van der Waals surface area contributed by atoms with E-state index in [2.05, 4.69) is 36.0 Å². The predicted octanol–water partition coefficient (Wildman–Crippen LogP) is 0.637. The fourth-order valence-electron chi connectivity index (χ4n) is 3.39. The van der Waals surface area contributed by atoms with Crippen LogP contribution in [0, 0.1) is 5.92 Å². The first-order valence-corrected chi connectivity index (χ1v) is 7.46. The molecule has 0 aromatic heterocycles. The number of piperazine rings is 1. The van der Waals surface area contributed by atoms with Gasteiger partial charge in [0.2, 0.25) is 0 Å². The van der Waals surface area contributed by atoms with E-state index in [0.717, 1.165) is 19.6 Å². The van der Waals surface area contributed by atoms with Crippen LogP contribution in [-0.2, 0) is 4.74 Å². The maximum Gasteiger partial charge on any atom is 0.0521 e. The van der Waals surface area contributed by atoms with Gasteiger partial charge in [-0.2, -0.15) is 0 Å². The normalized spacial score (nSPS) is 35.8. The molecule has 4 heteroatoms. The molecule has 0 bridgehead atoms. The van der Waals surface area contributed by atoms with E-state index in [1.807, 2.05) is 0 Å². The van der Waals surface area contributed by atoms with Gasteiger partial charge in [0.15, 0.2) is 0 Å². The summed E-state index contributed by atoms with van der Waals surface area (Å²) >= 11 is 0. The Labute approximate surface area is 112 Å². The van der Waals surface area contributed by atoms with Gasteiger partial charge in [0.05, 0.1) is 6.61 Å². The molecule has 2 saturated heterocycles. The zero-order chi connectivity index (χ0) is 13.0. The van der Waals surface area contributed by atoms with Crippen LogP contribution in [0.5, 0.6) is 0 Å². The Kier molecular flexibility index (Phi) is 5.42. The Hall–Kier alpha value is -0.160. The van der Waals surface area contributed by atoms with Crippen LogP contribution in [0.1, 0.15) is 20.3 Å². The zero-order valence-corrected chi connectivity index (χ0v) is 12.2. The molecule has 3 atom stereocenters. The van der Waals surface area contributed by atoms with Crippen molar-refractivity contribution in [1.82, 2.24) is 15.1 Å². The molecule has 2 aliphatic rings. The lowest BCUT2D eigenvalue weighted by Gasteiger charge is -2.42. The van der Waals surface area contributed by atoms with Crippen molar-refractivity contribution in [1.29, 1.82) is 0 Å². The second-order valence-electron chi connectivity index (χ2n) is 5.76. The molecule has 2 fully saturated rings. The highest BCUT2D eigenvalue weighted by Crippen LogP contribution is 2.18. The zero-order valence-electron chi connectivity index (χ0n) is 12.2. The SMILES string of the molecule is CCN1CCN(CC2COCCC2NC)CC1C. The van der Waals surface area contributed by atoms with Crippen LogP contribution in [0.15, 0.2) is 0 Å². The van der Waals surface area contributed by atoms with Crippen LogP contribution in [0.25, 0.3) is 0 Å². The highest BCUT2D eigenvalue weighted by Gasteiger charge is 2.29.